The fraction of sp³-hybridized carbons (Fsp3) is 0.896. The van der Waals surface area contributed by atoms with Crippen LogP contribution in [0.1, 0.15) is 226 Å². The van der Waals surface area contributed by atoms with E-state index in [1.165, 1.54) is 148 Å². The molecular formula is C48H92NO7+. The summed E-state index contributed by atoms with van der Waals surface area (Å²) < 4.78 is 17.3. The Labute approximate surface area is 346 Å². The van der Waals surface area contributed by atoms with Gasteiger partial charge in [0.15, 0.2) is 12.1 Å². The van der Waals surface area contributed by atoms with E-state index in [0.29, 0.717) is 19.3 Å². The monoisotopic (exact) mass is 795 g/mol. The number of hydrogen-bond acceptors (Lipinski definition) is 6. The zero-order valence-corrected chi connectivity index (χ0v) is 37.6. The minimum atomic E-state index is -0.873. The first-order valence-electron chi connectivity index (χ1n) is 23.7. The highest BCUT2D eigenvalue weighted by Crippen LogP contribution is 2.16. The Kier molecular flexibility index (Phi) is 38.5. The lowest BCUT2D eigenvalue weighted by Crippen LogP contribution is -2.50. The standard InChI is InChI=1S/C48H91NO7/c1-6-8-10-12-14-16-18-19-20-21-22-23-24-25-26-27-29-31-33-35-37-39-47(51)56-44(42-54-41-40-45(48(52)53)49(3,4)5)43-55-46(50)38-36-34-32-30-28-17-15-13-11-9-7-2/h13,15,44-45H,6-12,14,16-43H2,1-5H3/p+1/b15-13+. The van der Waals surface area contributed by atoms with E-state index in [1.807, 2.05) is 21.1 Å². The van der Waals surface area contributed by atoms with E-state index in [-0.39, 0.29) is 36.2 Å². The number of allylic oxidation sites excluding steroid dienone is 2. The number of carbonyl (C=O) groups excluding carboxylic acids is 2. The molecule has 0 aromatic heterocycles. The maximum atomic E-state index is 12.7. The summed E-state index contributed by atoms with van der Waals surface area (Å²) in [5, 5.41) is 9.62. The smallest absolute Gasteiger partial charge is 0.362 e. The topological polar surface area (TPSA) is 99.1 Å². The van der Waals surface area contributed by atoms with Gasteiger partial charge in [-0.1, -0.05) is 187 Å². The van der Waals surface area contributed by atoms with Gasteiger partial charge < -0.3 is 23.8 Å². The number of carboxylic acid groups (broad SMARTS) is 1. The van der Waals surface area contributed by atoms with Gasteiger partial charge in [0.1, 0.15) is 6.61 Å². The van der Waals surface area contributed by atoms with Gasteiger partial charge in [-0.25, -0.2) is 4.79 Å². The predicted molar refractivity (Wildman–Crippen MR) is 234 cm³/mol. The molecule has 56 heavy (non-hydrogen) atoms. The zero-order valence-electron chi connectivity index (χ0n) is 37.6. The summed E-state index contributed by atoms with van der Waals surface area (Å²) in [7, 11) is 5.53. The molecule has 0 aliphatic heterocycles. The predicted octanol–water partition coefficient (Wildman–Crippen LogP) is 13.1. The molecule has 0 aliphatic rings. The van der Waals surface area contributed by atoms with Crippen molar-refractivity contribution in [2.45, 2.75) is 238 Å². The Morgan fingerprint density at radius 3 is 1.34 bits per heavy atom. The lowest BCUT2D eigenvalue weighted by Gasteiger charge is -2.31. The fourth-order valence-corrected chi connectivity index (χ4v) is 7.19. The minimum Gasteiger partial charge on any atom is -0.477 e. The molecule has 0 bridgehead atoms. The molecule has 0 spiro atoms. The second-order valence-corrected chi connectivity index (χ2v) is 17.4. The van der Waals surface area contributed by atoms with Crippen LogP contribution in [-0.2, 0) is 28.6 Å². The first kappa shape index (κ1) is 54.1. The maximum Gasteiger partial charge on any atom is 0.362 e. The summed E-state index contributed by atoms with van der Waals surface area (Å²) >= 11 is 0. The Hall–Kier alpha value is -1.93. The number of aliphatic carboxylic acids is 1. The van der Waals surface area contributed by atoms with Gasteiger partial charge in [0.05, 0.1) is 34.4 Å². The largest absolute Gasteiger partial charge is 0.477 e. The average Bonchev–Trinajstić information content (AvgIpc) is 3.15. The van der Waals surface area contributed by atoms with Gasteiger partial charge in [-0.15, -0.1) is 0 Å². The third-order valence-electron chi connectivity index (χ3n) is 10.9. The zero-order chi connectivity index (χ0) is 41.4. The molecule has 8 heteroatoms. The van der Waals surface area contributed by atoms with Crippen molar-refractivity contribution < 1.29 is 38.2 Å². The summed E-state index contributed by atoms with van der Waals surface area (Å²) in [6.07, 6.45) is 42.6. The number of likely N-dealkylation sites (N-methyl/N-ethyl adjacent to an activating group) is 1. The first-order chi connectivity index (χ1) is 27.1. The van der Waals surface area contributed by atoms with Crippen molar-refractivity contribution in [2.75, 3.05) is 41.0 Å². The molecule has 2 atom stereocenters. The third-order valence-corrected chi connectivity index (χ3v) is 10.9. The van der Waals surface area contributed by atoms with Gasteiger partial charge in [-0.05, 0) is 32.1 Å². The maximum absolute atomic E-state index is 12.7. The van der Waals surface area contributed by atoms with Crippen LogP contribution in [-0.4, -0.2) is 80.6 Å². The number of rotatable bonds is 43. The van der Waals surface area contributed by atoms with Gasteiger partial charge in [0.2, 0.25) is 0 Å². The van der Waals surface area contributed by atoms with Gasteiger partial charge >= 0.3 is 17.9 Å². The van der Waals surface area contributed by atoms with E-state index < -0.39 is 18.1 Å². The van der Waals surface area contributed by atoms with Crippen molar-refractivity contribution in [3.05, 3.63) is 12.2 Å². The van der Waals surface area contributed by atoms with Crippen molar-refractivity contribution in [2.24, 2.45) is 0 Å². The summed E-state index contributed by atoms with van der Waals surface area (Å²) in [5.74, 6) is -1.46. The number of hydrogen-bond donors (Lipinski definition) is 1. The van der Waals surface area contributed by atoms with Gasteiger partial charge in [-0.3, -0.25) is 9.59 Å². The Balaban J connectivity index is 4.19. The molecule has 0 rings (SSSR count). The van der Waals surface area contributed by atoms with Crippen LogP contribution >= 0.6 is 0 Å². The van der Waals surface area contributed by atoms with Gasteiger partial charge in [-0.2, -0.15) is 0 Å². The van der Waals surface area contributed by atoms with Crippen molar-refractivity contribution in [1.82, 2.24) is 0 Å². The van der Waals surface area contributed by atoms with E-state index in [4.69, 9.17) is 14.2 Å². The lowest BCUT2D eigenvalue weighted by atomic mass is 10.0. The number of carbonyl (C=O) groups is 3. The number of unbranched alkanes of at least 4 members (excludes halogenated alkanes) is 27. The van der Waals surface area contributed by atoms with E-state index in [2.05, 4.69) is 26.0 Å². The summed E-state index contributed by atoms with van der Waals surface area (Å²) in [4.78, 5) is 37.0. The number of nitrogens with zero attached hydrogens (tertiary/aromatic N) is 1. The Morgan fingerprint density at radius 1 is 0.518 bits per heavy atom. The number of carboxylic acids is 1. The van der Waals surface area contributed by atoms with Crippen LogP contribution in [0.15, 0.2) is 12.2 Å². The molecule has 0 aliphatic carbocycles. The number of quaternary nitrogens is 1. The summed E-state index contributed by atoms with van der Waals surface area (Å²) in [5.41, 5.74) is 0. The van der Waals surface area contributed by atoms with Crippen molar-refractivity contribution in [3.63, 3.8) is 0 Å². The first-order valence-corrected chi connectivity index (χ1v) is 23.7. The molecule has 0 saturated carbocycles. The Morgan fingerprint density at radius 2 is 0.911 bits per heavy atom. The highest BCUT2D eigenvalue weighted by atomic mass is 16.6. The molecule has 0 heterocycles. The molecule has 0 aromatic rings. The normalized spacial score (nSPS) is 12.9. The van der Waals surface area contributed by atoms with Crippen LogP contribution in [0.2, 0.25) is 0 Å². The highest BCUT2D eigenvalue weighted by Gasteiger charge is 2.31. The fourth-order valence-electron chi connectivity index (χ4n) is 7.19. The van der Waals surface area contributed by atoms with Gasteiger partial charge in [0.25, 0.3) is 0 Å². The molecule has 0 amide bonds. The molecule has 0 aromatic carbocycles. The van der Waals surface area contributed by atoms with Crippen molar-refractivity contribution >= 4 is 17.9 Å². The molecule has 2 unspecified atom stereocenters. The van der Waals surface area contributed by atoms with E-state index >= 15 is 0 Å². The lowest BCUT2D eigenvalue weighted by molar-refractivity contribution is -0.887. The molecule has 0 radical (unpaired) electrons. The van der Waals surface area contributed by atoms with Crippen molar-refractivity contribution in [1.29, 1.82) is 0 Å². The average molecular weight is 795 g/mol. The van der Waals surface area contributed by atoms with E-state index in [0.717, 1.165) is 44.9 Å². The van der Waals surface area contributed by atoms with Crippen LogP contribution in [0, 0.1) is 0 Å². The molecule has 0 fully saturated rings. The summed E-state index contributed by atoms with van der Waals surface area (Å²) in [6.45, 7) is 4.72. The highest BCUT2D eigenvalue weighted by molar-refractivity contribution is 5.72. The quantitative estimate of drug-likeness (QED) is 0.0284. The van der Waals surface area contributed by atoms with Crippen LogP contribution in [0.5, 0.6) is 0 Å². The van der Waals surface area contributed by atoms with Crippen LogP contribution < -0.4 is 0 Å². The molecule has 8 nitrogen and oxygen atoms in total. The van der Waals surface area contributed by atoms with Crippen molar-refractivity contribution in [3.8, 4) is 0 Å². The van der Waals surface area contributed by atoms with Crippen LogP contribution in [0.25, 0.3) is 0 Å². The number of esters is 2. The second-order valence-electron chi connectivity index (χ2n) is 17.4. The second kappa shape index (κ2) is 39.9. The van der Waals surface area contributed by atoms with Gasteiger partial charge in [0, 0.05) is 19.3 Å². The minimum absolute atomic E-state index is 0.0497. The SMILES string of the molecule is CCCC/C=C/CCCCCCCC(=O)OCC(COCCC(C(=O)O)[N+](C)(C)C)OC(=O)CCCCCCCCCCCCCCCCCCCCCCC. The van der Waals surface area contributed by atoms with E-state index in [1.54, 1.807) is 0 Å². The molecule has 0 saturated heterocycles. The van der Waals surface area contributed by atoms with Crippen LogP contribution in [0.3, 0.4) is 0 Å². The third kappa shape index (κ3) is 37.6. The molecule has 330 valence electrons. The number of ether oxygens (including phenoxy) is 3. The van der Waals surface area contributed by atoms with Crippen LogP contribution in [0.4, 0.5) is 0 Å². The molecule has 1 N–H and O–H groups in total. The summed E-state index contributed by atoms with van der Waals surface area (Å²) in [6, 6.07) is -0.611. The van der Waals surface area contributed by atoms with E-state index in [9.17, 15) is 19.5 Å². The Bertz CT molecular complexity index is 931. The molecular weight excluding hydrogens is 703 g/mol.